The number of halogens is 1. The summed E-state index contributed by atoms with van der Waals surface area (Å²) in [6, 6.07) is 0. The smallest absolute Gasteiger partial charge is 0.194 e. The molecule has 0 amide bonds. The quantitative estimate of drug-likeness (QED) is 0.398. The van der Waals surface area contributed by atoms with Gasteiger partial charge in [0.15, 0.2) is 12.4 Å². The van der Waals surface area contributed by atoms with E-state index in [1.54, 1.807) is 12.3 Å². The summed E-state index contributed by atoms with van der Waals surface area (Å²) in [6.45, 7) is 3.60. The van der Waals surface area contributed by atoms with Gasteiger partial charge in [-0.2, -0.15) is 0 Å². The van der Waals surface area contributed by atoms with Crippen LogP contribution in [0, 0.1) is 0 Å². The van der Waals surface area contributed by atoms with Gasteiger partial charge >= 0.3 is 0 Å². The van der Waals surface area contributed by atoms with Gasteiger partial charge < -0.3 is 24.0 Å². The maximum absolute atomic E-state index is 4.02. The molecule has 0 aliphatic carbocycles. The molecule has 2 nitrogen and oxygen atoms in total. The van der Waals surface area contributed by atoms with Crippen LogP contribution in [0.5, 0.6) is 0 Å². The molecule has 0 unspecified atom stereocenters. The molecule has 10 heavy (non-hydrogen) atoms. The zero-order valence-electron chi connectivity index (χ0n) is 5.79. The van der Waals surface area contributed by atoms with E-state index in [2.05, 4.69) is 11.6 Å². The second-order valence-corrected chi connectivity index (χ2v) is 1.85. The van der Waals surface area contributed by atoms with E-state index in [4.69, 9.17) is 0 Å². The average molecular weight is 248 g/mol. The van der Waals surface area contributed by atoms with Crippen LogP contribution in [0.1, 0.15) is 5.69 Å². The Morgan fingerprint density at radius 2 is 2.40 bits per heavy atom. The predicted octanol–water partition coefficient (Wildman–Crippen LogP) is -2.45. The van der Waals surface area contributed by atoms with Crippen LogP contribution in [0.15, 0.2) is 25.2 Å². The summed E-state index contributed by atoms with van der Waals surface area (Å²) in [6.07, 6.45) is 7.26. The number of aryl methyl sites for hydroxylation is 1. The molecule has 0 saturated carbocycles. The molecule has 0 bridgehead atoms. The molecule has 0 fully saturated rings. The molecule has 0 N–H and O–H groups in total. The van der Waals surface area contributed by atoms with Crippen LogP contribution >= 0.6 is 0 Å². The highest BCUT2D eigenvalue weighted by Crippen LogP contribution is 1.87. The van der Waals surface area contributed by atoms with Gasteiger partial charge in [0.25, 0.3) is 0 Å². The molecule has 0 aliphatic rings. The molecule has 1 aromatic heterocycles. The van der Waals surface area contributed by atoms with Crippen molar-refractivity contribution < 1.29 is 28.5 Å². The predicted molar refractivity (Wildman–Crippen MR) is 35.5 cm³/mol. The molecule has 3 heteroatoms. The molecule has 1 rings (SSSR count). The Morgan fingerprint density at radius 1 is 1.70 bits per heavy atom. The molecule has 1 heterocycles. The first-order valence-electron chi connectivity index (χ1n) is 2.76. The number of hydrogen-bond acceptors (Lipinski definition) is 1. The van der Waals surface area contributed by atoms with Gasteiger partial charge in [0, 0.05) is 0 Å². The fourth-order valence-electron chi connectivity index (χ4n) is 0.615. The molecule has 54 valence electrons. The molecule has 0 saturated heterocycles. The Bertz CT molecular complexity index is 223. The van der Waals surface area contributed by atoms with Crippen LogP contribution in [-0.4, -0.2) is 4.98 Å². The third kappa shape index (κ3) is 2.43. The number of aromatic nitrogens is 2. The summed E-state index contributed by atoms with van der Waals surface area (Å²) in [5, 5.41) is 0. The van der Waals surface area contributed by atoms with E-state index in [1.165, 1.54) is 0 Å². The first-order valence-corrected chi connectivity index (χ1v) is 2.76. The largest absolute Gasteiger partial charge is 1.00 e. The van der Waals surface area contributed by atoms with Crippen LogP contribution < -0.4 is 28.5 Å². The van der Waals surface area contributed by atoms with Crippen LogP contribution in [0.25, 0.3) is 6.08 Å². The van der Waals surface area contributed by atoms with Crippen molar-refractivity contribution in [3.63, 3.8) is 0 Å². The van der Waals surface area contributed by atoms with Crippen molar-refractivity contribution >= 4 is 6.08 Å². The lowest BCUT2D eigenvalue weighted by Gasteiger charge is -1.86. The average Bonchev–Trinajstić information content (AvgIpc) is 1.88. The third-order valence-electron chi connectivity index (χ3n) is 1.07. The normalized spacial score (nSPS) is 8.10. The Kier molecular flexibility index (Phi) is 4.18. The second-order valence-electron chi connectivity index (χ2n) is 1.85. The van der Waals surface area contributed by atoms with Gasteiger partial charge in [-0.3, -0.25) is 0 Å². The summed E-state index contributed by atoms with van der Waals surface area (Å²) in [7, 11) is 1.95. The SMILES string of the molecule is C=Cc1c[n+](C)ccn1.[I-]. The van der Waals surface area contributed by atoms with Crippen molar-refractivity contribution in [3.05, 3.63) is 30.9 Å². The number of nitrogens with zero attached hydrogens (tertiary/aromatic N) is 2. The van der Waals surface area contributed by atoms with Crippen molar-refractivity contribution in [2.75, 3.05) is 0 Å². The van der Waals surface area contributed by atoms with Gasteiger partial charge in [0.1, 0.15) is 12.7 Å². The van der Waals surface area contributed by atoms with E-state index in [-0.39, 0.29) is 24.0 Å². The van der Waals surface area contributed by atoms with Crippen molar-refractivity contribution in [1.82, 2.24) is 4.98 Å². The van der Waals surface area contributed by atoms with E-state index < -0.39 is 0 Å². The Labute approximate surface area is 77.6 Å². The molecule has 0 spiro atoms. The topological polar surface area (TPSA) is 16.8 Å². The summed E-state index contributed by atoms with van der Waals surface area (Å²) in [5.41, 5.74) is 0.903. The summed E-state index contributed by atoms with van der Waals surface area (Å²) in [4.78, 5) is 4.02. The zero-order chi connectivity index (χ0) is 6.69. The monoisotopic (exact) mass is 248 g/mol. The highest BCUT2D eigenvalue weighted by molar-refractivity contribution is 5.37. The summed E-state index contributed by atoms with van der Waals surface area (Å²) >= 11 is 0. The molecule has 1 aromatic rings. The minimum Gasteiger partial charge on any atom is -1.00 e. The molecule has 0 aliphatic heterocycles. The summed E-state index contributed by atoms with van der Waals surface area (Å²) in [5.74, 6) is 0. The van der Waals surface area contributed by atoms with Crippen LogP contribution in [0.2, 0.25) is 0 Å². The van der Waals surface area contributed by atoms with Crippen LogP contribution in [0.3, 0.4) is 0 Å². The van der Waals surface area contributed by atoms with Crippen molar-refractivity contribution in [2.45, 2.75) is 0 Å². The number of hydrogen-bond donors (Lipinski definition) is 0. The lowest BCUT2D eigenvalue weighted by molar-refractivity contribution is -0.672. The van der Waals surface area contributed by atoms with Gasteiger partial charge in [-0.15, -0.1) is 0 Å². The maximum atomic E-state index is 4.02. The lowest BCUT2D eigenvalue weighted by atomic mass is 10.4. The first kappa shape index (κ1) is 9.55. The van der Waals surface area contributed by atoms with Gasteiger partial charge in [-0.1, -0.05) is 6.58 Å². The van der Waals surface area contributed by atoms with Crippen LogP contribution in [-0.2, 0) is 7.05 Å². The van der Waals surface area contributed by atoms with Gasteiger partial charge in [-0.05, 0) is 6.08 Å². The van der Waals surface area contributed by atoms with E-state index in [9.17, 15) is 0 Å². The van der Waals surface area contributed by atoms with E-state index in [0.717, 1.165) is 5.69 Å². The highest BCUT2D eigenvalue weighted by atomic mass is 127. The second kappa shape index (κ2) is 4.38. The van der Waals surface area contributed by atoms with Crippen LogP contribution in [0.4, 0.5) is 0 Å². The van der Waals surface area contributed by atoms with E-state index in [0.29, 0.717) is 0 Å². The van der Waals surface area contributed by atoms with E-state index in [1.807, 2.05) is 24.0 Å². The molecule has 0 radical (unpaired) electrons. The molecular formula is C7H9IN2. The van der Waals surface area contributed by atoms with Crippen molar-refractivity contribution in [3.8, 4) is 0 Å². The minimum atomic E-state index is 0. The molecule has 0 atom stereocenters. The van der Waals surface area contributed by atoms with Crippen molar-refractivity contribution in [1.29, 1.82) is 0 Å². The zero-order valence-corrected chi connectivity index (χ0v) is 7.95. The highest BCUT2D eigenvalue weighted by Gasteiger charge is 1.91. The van der Waals surface area contributed by atoms with Gasteiger partial charge in [0.2, 0.25) is 0 Å². The van der Waals surface area contributed by atoms with Gasteiger partial charge in [-0.25, -0.2) is 9.55 Å². The Hall–Kier alpha value is -0.450. The lowest BCUT2D eigenvalue weighted by Crippen LogP contribution is -3.00. The fraction of sp³-hybridized carbons (Fsp3) is 0.143. The summed E-state index contributed by atoms with van der Waals surface area (Å²) < 4.78 is 1.93. The Morgan fingerprint density at radius 3 is 2.80 bits per heavy atom. The third-order valence-corrected chi connectivity index (χ3v) is 1.07. The van der Waals surface area contributed by atoms with E-state index >= 15 is 0 Å². The number of rotatable bonds is 1. The maximum Gasteiger partial charge on any atom is 0.194 e. The molecule has 0 aromatic carbocycles. The van der Waals surface area contributed by atoms with Crippen molar-refractivity contribution in [2.24, 2.45) is 7.05 Å². The minimum absolute atomic E-state index is 0. The molecular weight excluding hydrogens is 239 g/mol. The fourth-order valence-corrected chi connectivity index (χ4v) is 0.615. The standard InChI is InChI=1S/C7H9N2.HI/c1-3-7-6-9(2)5-4-8-7;/h3-6H,1H2,2H3;1H/q+1;/p-1. The first-order chi connectivity index (χ1) is 4.33. The Balaban J connectivity index is 0.000000810. The van der Waals surface area contributed by atoms with Gasteiger partial charge in [0.05, 0.1) is 6.20 Å².